The molecule has 33 heavy (non-hydrogen) atoms. The van der Waals surface area contributed by atoms with Crippen LogP contribution >= 0.6 is 0 Å². The van der Waals surface area contributed by atoms with Crippen LogP contribution in [-0.4, -0.2) is 41.8 Å². The molecule has 0 spiro atoms. The second kappa shape index (κ2) is 8.47. The van der Waals surface area contributed by atoms with E-state index in [9.17, 15) is 13.6 Å². The molecule has 0 bridgehead atoms. The lowest BCUT2D eigenvalue weighted by Gasteiger charge is -2.45. The largest absolute Gasteiger partial charge is 0.297 e. The Balaban J connectivity index is 1.44. The minimum atomic E-state index is -0.816. The average Bonchev–Trinajstić information content (AvgIpc) is 3.09. The first-order valence-electron chi connectivity index (χ1n) is 11.5. The molecule has 1 heterocycles. The van der Waals surface area contributed by atoms with E-state index < -0.39 is 5.54 Å². The molecule has 0 saturated carbocycles. The molecule has 1 saturated heterocycles. The van der Waals surface area contributed by atoms with E-state index in [1.165, 1.54) is 18.2 Å². The predicted octanol–water partition coefficient (Wildman–Crippen LogP) is 5.03. The number of halogens is 2. The smallest absolute Gasteiger partial charge is 0.188 e. The molecule has 3 aromatic carbocycles. The van der Waals surface area contributed by atoms with Crippen LogP contribution in [-0.2, 0) is 18.5 Å². The Morgan fingerprint density at radius 1 is 0.879 bits per heavy atom. The summed E-state index contributed by atoms with van der Waals surface area (Å²) in [6, 6.07) is 17.6. The zero-order valence-corrected chi connectivity index (χ0v) is 19.1. The van der Waals surface area contributed by atoms with E-state index >= 15 is 0 Å². The van der Waals surface area contributed by atoms with Crippen LogP contribution in [0.3, 0.4) is 0 Å². The van der Waals surface area contributed by atoms with Crippen molar-refractivity contribution in [3.8, 4) is 0 Å². The Morgan fingerprint density at radius 3 is 2.36 bits per heavy atom. The second-order valence-corrected chi connectivity index (χ2v) is 9.37. The molecule has 0 aromatic heterocycles. The molecular formula is C28H28F2N2O. The normalized spacial score (nSPS) is 21.4. The summed E-state index contributed by atoms with van der Waals surface area (Å²) in [5.74, 6) is -0.469. The van der Waals surface area contributed by atoms with Gasteiger partial charge in [0.1, 0.15) is 17.2 Å². The maximum Gasteiger partial charge on any atom is 0.188 e. The Kier molecular flexibility index (Phi) is 5.63. The summed E-state index contributed by atoms with van der Waals surface area (Å²) in [5.41, 5.74) is 4.73. The van der Waals surface area contributed by atoms with Gasteiger partial charge in [-0.3, -0.25) is 14.6 Å². The van der Waals surface area contributed by atoms with Crippen molar-refractivity contribution in [3.63, 3.8) is 0 Å². The van der Waals surface area contributed by atoms with E-state index in [2.05, 4.69) is 15.9 Å². The molecule has 1 fully saturated rings. The van der Waals surface area contributed by atoms with E-state index in [-0.39, 0.29) is 17.4 Å². The molecule has 0 N–H and O–H groups in total. The zero-order valence-electron chi connectivity index (χ0n) is 19.1. The van der Waals surface area contributed by atoms with Gasteiger partial charge in [-0.1, -0.05) is 35.9 Å². The number of hydrogen-bond donors (Lipinski definition) is 0. The second-order valence-electron chi connectivity index (χ2n) is 9.37. The van der Waals surface area contributed by atoms with Crippen molar-refractivity contribution < 1.29 is 13.6 Å². The van der Waals surface area contributed by atoms with Crippen molar-refractivity contribution in [1.29, 1.82) is 0 Å². The van der Waals surface area contributed by atoms with Crippen LogP contribution in [0.2, 0.25) is 0 Å². The number of hydrogen-bond acceptors (Lipinski definition) is 3. The topological polar surface area (TPSA) is 23.6 Å². The fraction of sp³-hybridized carbons (Fsp3) is 0.321. The van der Waals surface area contributed by atoms with Gasteiger partial charge in [0, 0.05) is 44.7 Å². The van der Waals surface area contributed by atoms with Crippen molar-refractivity contribution in [1.82, 2.24) is 9.80 Å². The van der Waals surface area contributed by atoms with Crippen molar-refractivity contribution >= 4 is 5.78 Å². The van der Waals surface area contributed by atoms with Crippen LogP contribution in [0.25, 0.3) is 0 Å². The Morgan fingerprint density at radius 2 is 1.61 bits per heavy atom. The summed E-state index contributed by atoms with van der Waals surface area (Å²) in [6.07, 6.45) is 0.478. The molecule has 1 unspecified atom stereocenters. The molecule has 1 aliphatic carbocycles. The molecule has 3 nitrogen and oxygen atoms in total. The number of carbonyl (C=O) groups is 1. The standard InChI is InChI=1S/C28H28F2N2O/c1-19-4-3-5-23(14-19)28(17-21-15-25(30)8-9-26(21)27(28)33)32-12-10-31(11-13-32)18-22-16-24(29)7-6-20(22)2/h3-9,14-16H,10-13,17-18H2,1-2H3. The first-order chi connectivity index (χ1) is 15.9. The minimum Gasteiger partial charge on any atom is -0.297 e. The van der Waals surface area contributed by atoms with Gasteiger partial charge in [0.15, 0.2) is 5.78 Å². The van der Waals surface area contributed by atoms with Crippen LogP contribution in [0.4, 0.5) is 8.78 Å². The number of ketones is 1. The predicted molar refractivity (Wildman–Crippen MR) is 125 cm³/mol. The van der Waals surface area contributed by atoms with Crippen LogP contribution in [0.1, 0.15) is 38.2 Å². The Labute approximate surface area is 193 Å². The van der Waals surface area contributed by atoms with Crippen LogP contribution in [0.15, 0.2) is 60.7 Å². The monoisotopic (exact) mass is 446 g/mol. The van der Waals surface area contributed by atoms with Gasteiger partial charge in [-0.15, -0.1) is 0 Å². The van der Waals surface area contributed by atoms with Crippen LogP contribution < -0.4 is 0 Å². The van der Waals surface area contributed by atoms with E-state index in [0.29, 0.717) is 31.6 Å². The summed E-state index contributed by atoms with van der Waals surface area (Å²) in [6.45, 7) is 7.71. The number of benzene rings is 3. The SMILES string of the molecule is Cc1cccc(C2(N3CCN(Cc4cc(F)ccc4C)CC3)Cc3cc(F)ccc3C2=O)c1. The number of fused-ring (bicyclic) bond motifs is 1. The van der Waals surface area contributed by atoms with E-state index in [1.807, 2.05) is 38.1 Å². The summed E-state index contributed by atoms with van der Waals surface area (Å²) in [7, 11) is 0. The number of piperazine rings is 1. The highest BCUT2D eigenvalue weighted by Gasteiger charge is 2.51. The van der Waals surface area contributed by atoms with Gasteiger partial charge in [0.2, 0.25) is 0 Å². The highest BCUT2D eigenvalue weighted by molar-refractivity contribution is 6.08. The van der Waals surface area contributed by atoms with Crippen molar-refractivity contribution in [2.45, 2.75) is 32.4 Å². The van der Waals surface area contributed by atoms with Gasteiger partial charge >= 0.3 is 0 Å². The summed E-state index contributed by atoms with van der Waals surface area (Å²) >= 11 is 0. The molecule has 5 heteroatoms. The van der Waals surface area contributed by atoms with Crippen molar-refractivity contribution in [2.75, 3.05) is 26.2 Å². The molecule has 3 aromatic rings. The molecule has 0 radical (unpaired) electrons. The van der Waals surface area contributed by atoms with Crippen LogP contribution in [0.5, 0.6) is 0 Å². The third-order valence-electron chi connectivity index (χ3n) is 7.25. The number of Topliss-reactive ketones (excluding diaryl/α,β-unsaturated/α-hetero) is 1. The fourth-order valence-electron chi connectivity index (χ4n) is 5.42. The highest BCUT2D eigenvalue weighted by Crippen LogP contribution is 2.43. The highest BCUT2D eigenvalue weighted by atomic mass is 19.1. The van der Waals surface area contributed by atoms with Crippen molar-refractivity contribution in [2.24, 2.45) is 0 Å². The minimum absolute atomic E-state index is 0.0533. The summed E-state index contributed by atoms with van der Waals surface area (Å²) < 4.78 is 27.8. The molecule has 170 valence electrons. The van der Waals surface area contributed by atoms with Gasteiger partial charge in [-0.2, -0.15) is 0 Å². The third kappa shape index (κ3) is 3.90. The lowest BCUT2D eigenvalue weighted by atomic mass is 9.82. The lowest BCUT2D eigenvalue weighted by molar-refractivity contribution is 0.0287. The van der Waals surface area contributed by atoms with E-state index in [4.69, 9.17) is 0 Å². The third-order valence-corrected chi connectivity index (χ3v) is 7.25. The lowest BCUT2D eigenvalue weighted by Crippen LogP contribution is -2.58. The average molecular weight is 447 g/mol. The Bertz CT molecular complexity index is 1220. The van der Waals surface area contributed by atoms with Crippen LogP contribution in [0, 0.1) is 25.5 Å². The maximum absolute atomic E-state index is 14.0. The molecule has 1 aliphatic heterocycles. The number of carbonyl (C=O) groups excluding carboxylic acids is 1. The molecule has 5 rings (SSSR count). The first kappa shape index (κ1) is 21.9. The van der Waals surface area contributed by atoms with Gasteiger partial charge in [0.05, 0.1) is 0 Å². The molecular weight excluding hydrogens is 418 g/mol. The number of rotatable bonds is 4. The van der Waals surface area contributed by atoms with Crippen molar-refractivity contribution in [3.05, 3.63) is 106 Å². The molecule has 2 aliphatic rings. The van der Waals surface area contributed by atoms with Gasteiger partial charge in [0.25, 0.3) is 0 Å². The fourth-order valence-corrected chi connectivity index (χ4v) is 5.42. The van der Waals surface area contributed by atoms with Gasteiger partial charge in [-0.25, -0.2) is 8.78 Å². The quantitative estimate of drug-likeness (QED) is 0.561. The summed E-state index contributed by atoms with van der Waals surface area (Å²) in [5, 5.41) is 0. The molecule has 1 atom stereocenters. The van der Waals surface area contributed by atoms with Gasteiger partial charge in [-0.05, 0) is 66.4 Å². The van der Waals surface area contributed by atoms with E-state index in [0.717, 1.165) is 40.9 Å². The maximum atomic E-state index is 14.0. The summed E-state index contributed by atoms with van der Waals surface area (Å²) in [4.78, 5) is 18.5. The first-order valence-corrected chi connectivity index (χ1v) is 11.5. The van der Waals surface area contributed by atoms with Gasteiger partial charge < -0.3 is 0 Å². The number of aryl methyl sites for hydroxylation is 2. The number of nitrogens with zero attached hydrogens (tertiary/aromatic N) is 2. The zero-order chi connectivity index (χ0) is 23.2. The Hall–Kier alpha value is -2.89. The van der Waals surface area contributed by atoms with E-state index in [1.54, 1.807) is 12.1 Å². The molecule has 0 amide bonds.